The van der Waals surface area contributed by atoms with Crippen LogP contribution in [0.25, 0.3) is 11.4 Å². The van der Waals surface area contributed by atoms with Crippen molar-refractivity contribution >= 4 is 17.5 Å². The van der Waals surface area contributed by atoms with Crippen LogP contribution in [0.2, 0.25) is 5.02 Å². The SMILES string of the molecule is CCc1cc(=O)n(CC(=O)NCCc2ccc(Cl)cc2)c(-c2ccccc2)n1. The van der Waals surface area contributed by atoms with Gasteiger partial charge >= 0.3 is 0 Å². The lowest BCUT2D eigenvalue weighted by Gasteiger charge is -2.13. The molecule has 5 nitrogen and oxygen atoms in total. The highest BCUT2D eigenvalue weighted by Crippen LogP contribution is 2.16. The molecule has 0 unspecified atom stereocenters. The fourth-order valence-corrected chi connectivity index (χ4v) is 3.02. The summed E-state index contributed by atoms with van der Waals surface area (Å²) in [4.78, 5) is 29.6. The number of rotatable bonds is 7. The molecule has 0 saturated carbocycles. The molecular formula is C22H22ClN3O2. The smallest absolute Gasteiger partial charge is 0.254 e. The highest BCUT2D eigenvalue weighted by molar-refractivity contribution is 6.30. The van der Waals surface area contributed by atoms with Gasteiger partial charge in [0.25, 0.3) is 5.56 Å². The average molecular weight is 396 g/mol. The first-order chi connectivity index (χ1) is 13.6. The van der Waals surface area contributed by atoms with Crippen LogP contribution in [0.4, 0.5) is 0 Å². The lowest BCUT2D eigenvalue weighted by molar-refractivity contribution is -0.121. The van der Waals surface area contributed by atoms with Crippen LogP contribution in [0, 0.1) is 0 Å². The number of aromatic nitrogens is 2. The van der Waals surface area contributed by atoms with Crippen LogP contribution in [-0.2, 0) is 24.2 Å². The van der Waals surface area contributed by atoms with Crippen LogP contribution < -0.4 is 10.9 Å². The molecule has 1 N–H and O–H groups in total. The number of aryl methyl sites for hydroxylation is 1. The summed E-state index contributed by atoms with van der Waals surface area (Å²) < 4.78 is 1.42. The molecular weight excluding hydrogens is 374 g/mol. The highest BCUT2D eigenvalue weighted by Gasteiger charge is 2.13. The lowest BCUT2D eigenvalue weighted by atomic mass is 10.1. The number of amides is 1. The Bertz CT molecular complexity index is 999. The van der Waals surface area contributed by atoms with Crippen molar-refractivity contribution in [2.45, 2.75) is 26.3 Å². The predicted molar refractivity (Wildman–Crippen MR) is 111 cm³/mol. The van der Waals surface area contributed by atoms with Gasteiger partial charge in [-0.25, -0.2) is 4.98 Å². The first kappa shape index (κ1) is 19.8. The van der Waals surface area contributed by atoms with Gasteiger partial charge in [-0.1, -0.05) is 61.0 Å². The maximum Gasteiger partial charge on any atom is 0.254 e. The summed E-state index contributed by atoms with van der Waals surface area (Å²) >= 11 is 5.88. The summed E-state index contributed by atoms with van der Waals surface area (Å²) in [6.45, 7) is 2.36. The second-order valence-corrected chi connectivity index (χ2v) is 6.88. The Morgan fingerprint density at radius 2 is 1.82 bits per heavy atom. The number of carbonyl (C=O) groups excluding carboxylic acids is 1. The molecule has 0 aliphatic heterocycles. The van der Waals surface area contributed by atoms with Crippen molar-refractivity contribution in [1.82, 2.24) is 14.9 Å². The number of nitrogens with one attached hydrogen (secondary N) is 1. The van der Waals surface area contributed by atoms with Gasteiger partial charge in [0.15, 0.2) is 0 Å². The molecule has 0 aliphatic rings. The summed E-state index contributed by atoms with van der Waals surface area (Å²) in [7, 11) is 0. The first-order valence-electron chi connectivity index (χ1n) is 9.24. The number of hydrogen-bond donors (Lipinski definition) is 1. The van der Waals surface area contributed by atoms with Gasteiger partial charge in [-0.2, -0.15) is 0 Å². The number of benzene rings is 2. The van der Waals surface area contributed by atoms with Gasteiger partial charge < -0.3 is 5.32 Å². The van der Waals surface area contributed by atoms with Crippen LogP contribution in [0.1, 0.15) is 18.2 Å². The minimum atomic E-state index is -0.224. The normalized spacial score (nSPS) is 10.6. The van der Waals surface area contributed by atoms with Crippen molar-refractivity contribution in [3.05, 3.63) is 87.3 Å². The summed E-state index contributed by atoms with van der Waals surface area (Å²) in [5.41, 5.74) is 2.38. The van der Waals surface area contributed by atoms with E-state index >= 15 is 0 Å². The van der Waals surface area contributed by atoms with E-state index < -0.39 is 0 Å². The molecule has 3 rings (SSSR count). The van der Waals surface area contributed by atoms with E-state index in [0.717, 1.165) is 11.1 Å². The predicted octanol–water partition coefficient (Wildman–Crippen LogP) is 3.49. The molecule has 0 spiro atoms. The quantitative estimate of drug-likeness (QED) is 0.666. The molecule has 0 fully saturated rings. The molecule has 28 heavy (non-hydrogen) atoms. The fraction of sp³-hybridized carbons (Fsp3) is 0.227. The van der Waals surface area contributed by atoms with Crippen molar-refractivity contribution < 1.29 is 4.79 Å². The molecule has 6 heteroatoms. The minimum Gasteiger partial charge on any atom is -0.354 e. The maximum absolute atomic E-state index is 12.6. The van der Waals surface area contributed by atoms with Crippen molar-refractivity contribution in [1.29, 1.82) is 0 Å². The lowest BCUT2D eigenvalue weighted by Crippen LogP contribution is -2.34. The third-order valence-electron chi connectivity index (χ3n) is 4.41. The third-order valence-corrected chi connectivity index (χ3v) is 4.66. The Kier molecular flexibility index (Phi) is 6.61. The average Bonchev–Trinajstić information content (AvgIpc) is 2.71. The molecule has 144 valence electrons. The van der Waals surface area contributed by atoms with Crippen molar-refractivity contribution in [3.63, 3.8) is 0 Å². The zero-order valence-electron chi connectivity index (χ0n) is 15.7. The van der Waals surface area contributed by atoms with Crippen molar-refractivity contribution in [2.75, 3.05) is 6.54 Å². The molecule has 3 aromatic rings. The third kappa shape index (κ3) is 5.08. The molecule has 0 atom stereocenters. The molecule has 1 heterocycles. The molecule has 0 bridgehead atoms. The van der Waals surface area contributed by atoms with E-state index in [1.807, 2.05) is 61.5 Å². The molecule has 1 aromatic heterocycles. The van der Waals surface area contributed by atoms with Gasteiger partial charge in [-0.3, -0.25) is 14.2 Å². The van der Waals surface area contributed by atoms with E-state index in [0.29, 0.717) is 35.9 Å². The monoisotopic (exact) mass is 395 g/mol. The van der Waals surface area contributed by atoms with E-state index in [9.17, 15) is 9.59 Å². The Morgan fingerprint density at radius 3 is 2.50 bits per heavy atom. The van der Waals surface area contributed by atoms with E-state index in [1.54, 1.807) is 0 Å². The topological polar surface area (TPSA) is 64.0 Å². The van der Waals surface area contributed by atoms with Crippen molar-refractivity contribution in [3.8, 4) is 11.4 Å². The minimum absolute atomic E-state index is 0.0688. The van der Waals surface area contributed by atoms with Gasteiger partial charge in [-0.15, -0.1) is 0 Å². The summed E-state index contributed by atoms with van der Waals surface area (Å²) in [6, 6.07) is 18.4. The van der Waals surface area contributed by atoms with Gasteiger partial charge in [0.05, 0.1) is 0 Å². The zero-order valence-corrected chi connectivity index (χ0v) is 16.4. The molecule has 0 aliphatic carbocycles. The largest absolute Gasteiger partial charge is 0.354 e. The number of hydrogen-bond acceptors (Lipinski definition) is 3. The zero-order chi connectivity index (χ0) is 19.9. The Balaban J connectivity index is 1.73. The van der Waals surface area contributed by atoms with Crippen LogP contribution in [0.5, 0.6) is 0 Å². The standard InChI is InChI=1S/C22H22ClN3O2/c1-2-19-14-21(28)26(22(25-19)17-6-4-3-5-7-17)15-20(27)24-13-12-16-8-10-18(23)11-9-16/h3-11,14H,2,12-13,15H2,1H3,(H,24,27). The number of carbonyl (C=O) groups is 1. The van der Waals surface area contributed by atoms with E-state index in [1.165, 1.54) is 10.6 Å². The van der Waals surface area contributed by atoms with Crippen LogP contribution >= 0.6 is 11.6 Å². The fourth-order valence-electron chi connectivity index (χ4n) is 2.89. The highest BCUT2D eigenvalue weighted by atomic mass is 35.5. The van der Waals surface area contributed by atoms with Gasteiger partial charge in [0.2, 0.25) is 5.91 Å². The molecule has 1 amide bonds. The molecule has 2 aromatic carbocycles. The Hall–Kier alpha value is -2.92. The molecule has 0 radical (unpaired) electrons. The summed E-state index contributed by atoms with van der Waals surface area (Å²) in [6.07, 6.45) is 1.35. The molecule has 0 saturated heterocycles. The first-order valence-corrected chi connectivity index (χ1v) is 9.62. The van der Waals surface area contributed by atoms with Gasteiger partial charge in [0, 0.05) is 28.9 Å². The van der Waals surface area contributed by atoms with Gasteiger partial charge in [-0.05, 0) is 30.5 Å². The van der Waals surface area contributed by atoms with Crippen LogP contribution in [-0.4, -0.2) is 22.0 Å². The second-order valence-electron chi connectivity index (χ2n) is 6.44. The van der Waals surface area contributed by atoms with Crippen LogP contribution in [0.15, 0.2) is 65.5 Å². The van der Waals surface area contributed by atoms with E-state index in [2.05, 4.69) is 10.3 Å². The summed E-state index contributed by atoms with van der Waals surface area (Å²) in [5.74, 6) is 0.289. The van der Waals surface area contributed by atoms with Gasteiger partial charge in [0.1, 0.15) is 12.4 Å². The Morgan fingerprint density at radius 1 is 1.11 bits per heavy atom. The van der Waals surface area contributed by atoms with Crippen molar-refractivity contribution in [2.24, 2.45) is 0 Å². The van der Waals surface area contributed by atoms with Crippen LogP contribution in [0.3, 0.4) is 0 Å². The maximum atomic E-state index is 12.6. The number of halogens is 1. The summed E-state index contributed by atoms with van der Waals surface area (Å²) in [5, 5.41) is 3.55. The second kappa shape index (κ2) is 9.33. The van der Waals surface area contributed by atoms with E-state index in [4.69, 9.17) is 11.6 Å². The Labute approximate surface area is 169 Å². The van der Waals surface area contributed by atoms with E-state index in [-0.39, 0.29) is 18.0 Å². The number of nitrogens with zero attached hydrogens (tertiary/aromatic N) is 2.